The zero-order valence-corrected chi connectivity index (χ0v) is 15.4. The molecule has 0 amide bonds. The minimum Gasteiger partial charge on any atom is -0.494 e. The van der Waals surface area contributed by atoms with Gasteiger partial charge in [-0.3, -0.25) is 14.9 Å². The number of thiazole rings is 1. The average molecular weight is 386 g/mol. The number of nitro groups is 1. The number of benzene rings is 2. The van der Waals surface area contributed by atoms with Gasteiger partial charge in [-0.15, -0.1) is 11.3 Å². The van der Waals surface area contributed by atoms with Gasteiger partial charge in [0.05, 0.1) is 21.7 Å². The molecule has 6 nitrogen and oxygen atoms in total. The van der Waals surface area contributed by atoms with Crippen LogP contribution in [0.3, 0.4) is 0 Å². The molecule has 0 aliphatic carbocycles. The minimum absolute atomic E-state index is 0.0174. The van der Waals surface area contributed by atoms with Crippen molar-refractivity contribution in [3.63, 3.8) is 0 Å². The van der Waals surface area contributed by atoms with E-state index in [9.17, 15) is 14.9 Å². The van der Waals surface area contributed by atoms with E-state index in [0.717, 1.165) is 33.3 Å². The highest BCUT2D eigenvalue weighted by molar-refractivity contribution is 8.15. The molecule has 1 heterocycles. The van der Waals surface area contributed by atoms with Crippen LogP contribution in [0.25, 0.3) is 16.3 Å². The Kier molecular flexibility index (Phi) is 5.65. The van der Waals surface area contributed by atoms with Crippen molar-refractivity contribution in [2.24, 2.45) is 0 Å². The number of carbonyl (C=O) groups is 1. The normalized spacial score (nSPS) is 11.1. The molecule has 3 aromatic rings. The number of thioether (sulfide) groups is 1. The van der Waals surface area contributed by atoms with E-state index in [1.54, 1.807) is 18.2 Å². The largest absolute Gasteiger partial charge is 0.494 e. The maximum absolute atomic E-state index is 12.1. The van der Waals surface area contributed by atoms with Gasteiger partial charge in [0.2, 0.25) is 5.12 Å². The number of non-ortho nitro benzene ring substituents is 1. The van der Waals surface area contributed by atoms with E-state index in [1.807, 2.05) is 25.1 Å². The van der Waals surface area contributed by atoms with Crippen molar-refractivity contribution < 1.29 is 14.5 Å². The maximum atomic E-state index is 12.1. The van der Waals surface area contributed by atoms with Crippen molar-refractivity contribution in [1.82, 2.24) is 4.98 Å². The molecule has 0 bridgehead atoms. The zero-order chi connectivity index (χ0) is 18.5. The molecule has 0 unspecified atom stereocenters. The maximum Gasteiger partial charge on any atom is 0.269 e. The van der Waals surface area contributed by atoms with Gasteiger partial charge in [0.15, 0.2) is 4.34 Å². The fourth-order valence-corrected chi connectivity index (χ4v) is 4.04. The lowest BCUT2D eigenvalue weighted by Gasteiger charge is -2.00. The highest BCUT2D eigenvalue weighted by atomic mass is 32.2. The number of nitro benzene ring substituents is 1. The van der Waals surface area contributed by atoms with Gasteiger partial charge in [0.25, 0.3) is 5.69 Å². The number of hydrogen-bond donors (Lipinski definition) is 0. The third-order valence-electron chi connectivity index (χ3n) is 3.35. The number of carbonyl (C=O) groups excluding carboxylic acids is 1. The molecule has 1 aromatic heterocycles. The van der Waals surface area contributed by atoms with Gasteiger partial charge >= 0.3 is 0 Å². The number of ether oxygens (including phenoxy) is 1. The summed E-state index contributed by atoms with van der Waals surface area (Å²) in [6.07, 6.45) is 3.06. The summed E-state index contributed by atoms with van der Waals surface area (Å²) in [5.74, 6) is 0.782. The van der Waals surface area contributed by atoms with Gasteiger partial charge < -0.3 is 4.74 Å². The Morgan fingerprint density at radius 2 is 2.08 bits per heavy atom. The van der Waals surface area contributed by atoms with Crippen LogP contribution >= 0.6 is 23.1 Å². The van der Waals surface area contributed by atoms with Gasteiger partial charge in [-0.2, -0.15) is 0 Å². The van der Waals surface area contributed by atoms with Gasteiger partial charge in [-0.25, -0.2) is 4.98 Å². The Bertz CT molecular complexity index is 981. The first-order chi connectivity index (χ1) is 12.5. The summed E-state index contributed by atoms with van der Waals surface area (Å²) in [4.78, 5) is 26.7. The van der Waals surface area contributed by atoms with E-state index in [-0.39, 0.29) is 10.8 Å². The molecule has 0 saturated heterocycles. The fourth-order valence-electron chi connectivity index (χ4n) is 2.18. The summed E-state index contributed by atoms with van der Waals surface area (Å²) < 4.78 is 7.09. The molecule has 26 heavy (non-hydrogen) atoms. The molecule has 0 spiro atoms. The lowest BCUT2D eigenvalue weighted by atomic mass is 10.2. The van der Waals surface area contributed by atoms with Crippen LogP contribution in [-0.4, -0.2) is 21.6 Å². The Morgan fingerprint density at radius 1 is 1.31 bits per heavy atom. The van der Waals surface area contributed by atoms with Crippen LogP contribution in [0.5, 0.6) is 5.75 Å². The summed E-state index contributed by atoms with van der Waals surface area (Å²) in [6, 6.07) is 11.6. The number of rotatable bonds is 6. The first kappa shape index (κ1) is 18.1. The molecule has 0 aliphatic rings. The van der Waals surface area contributed by atoms with E-state index < -0.39 is 4.92 Å². The van der Waals surface area contributed by atoms with Crippen LogP contribution in [0.2, 0.25) is 0 Å². The SMILES string of the molecule is CCOc1ccc2nc(SC(=O)/C=C\c3ccc([N+](=O)[O-])cc3)sc2c1. The Hall–Kier alpha value is -2.71. The number of aromatic nitrogens is 1. The summed E-state index contributed by atoms with van der Waals surface area (Å²) >= 11 is 2.48. The molecule has 0 fully saturated rings. The van der Waals surface area contributed by atoms with E-state index in [0.29, 0.717) is 10.9 Å². The van der Waals surface area contributed by atoms with Crippen LogP contribution in [-0.2, 0) is 4.79 Å². The first-order valence-electron chi connectivity index (χ1n) is 7.73. The zero-order valence-electron chi connectivity index (χ0n) is 13.7. The van der Waals surface area contributed by atoms with Crippen molar-refractivity contribution in [3.8, 4) is 5.75 Å². The molecule has 0 radical (unpaired) electrons. The molecule has 0 aliphatic heterocycles. The van der Waals surface area contributed by atoms with Gasteiger partial charge in [-0.1, -0.05) is 6.08 Å². The van der Waals surface area contributed by atoms with Crippen molar-refractivity contribution in [2.45, 2.75) is 11.3 Å². The number of nitrogens with zero attached hydrogens (tertiary/aromatic N) is 2. The first-order valence-corrected chi connectivity index (χ1v) is 9.36. The summed E-state index contributed by atoms with van der Waals surface area (Å²) in [6.45, 7) is 2.52. The van der Waals surface area contributed by atoms with E-state index in [1.165, 1.54) is 29.5 Å². The Morgan fingerprint density at radius 3 is 2.77 bits per heavy atom. The number of hydrogen-bond acceptors (Lipinski definition) is 7. The summed E-state index contributed by atoms with van der Waals surface area (Å²) in [7, 11) is 0. The smallest absolute Gasteiger partial charge is 0.269 e. The van der Waals surface area contributed by atoms with Crippen molar-refractivity contribution in [1.29, 1.82) is 0 Å². The average Bonchev–Trinajstić information content (AvgIpc) is 3.02. The second-order valence-corrected chi connectivity index (χ2v) is 7.43. The summed E-state index contributed by atoms with van der Waals surface area (Å²) in [5.41, 5.74) is 1.56. The van der Waals surface area contributed by atoms with Crippen LogP contribution in [0, 0.1) is 10.1 Å². The molecule has 0 saturated carbocycles. The summed E-state index contributed by atoms with van der Waals surface area (Å²) in [5, 5.41) is 10.5. The van der Waals surface area contributed by atoms with Gasteiger partial charge in [0, 0.05) is 12.1 Å². The third-order valence-corrected chi connectivity index (χ3v) is 5.27. The molecular formula is C18H14N2O4S2. The predicted octanol–water partition coefficient (Wildman–Crippen LogP) is 4.94. The van der Waals surface area contributed by atoms with Crippen molar-refractivity contribution >= 4 is 50.2 Å². The van der Waals surface area contributed by atoms with Crippen LogP contribution in [0.4, 0.5) is 5.69 Å². The second-order valence-electron chi connectivity index (χ2n) is 5.15. The van der Waals surface area contributed by atoms with Crippen molar-refractivity contribution in [3.05, 3.63) is 64.2 Å². The lowest BCUT2D eigenvalue weighted by Crippen LogP contribution is -1.89. The molecule has 132 valence electrons. The predicted molar refractivity (Wildman–Crippen MR) is 104 cm³/mol. The Labute approximate surface area is 157 Å². The van der Waals surface area contributed by atoms with Gasteiger partial charge in [0.1, 0.15) is 5.75 Å². The van der Waals surface area contributed by atoms with Crippen LogP contribution in [0.1, 0.15) is 12.5 Å². The molecule has 0 atom stereocenters. The van der Waals surface area contributed by atoms with Crippen molar-refractivity contribution in [2.75, 3.05) is 6.61 Å². The molecule has 3 rings (SSSR count). The third kappa shape index (κ3) is 4.47. The number of fused-ring (bicyclic) bond motifs is 1. The monoisotopic (exact) mass is 386 g/mol. The molecule has 2 aromatic carbocycles. The quantitative estimate of drug-likeness (QED) is 0.258. The fraction of sp³-hybridized carbons (Fsp3) is 0.111. The van der Waals surface area contributed by atoms with Gasteiger partial charge in [-0.05, 0) is 60.7 Å². The van der Waals surface area contributed by atoms with E-state index in [2.05, 4.69) is 4.98 Å². The lowest BCUT2D eigenvalue weighted by molar-refractivity contribution is -0.384. The van der Waals surface area contributed by atoms with Crippen LogP contribution in [0.15, 0.2) is 52.9 Å². The molecule has 0 N–H and O–H groups in total. The standard InChI is InChI=1S/C18H14N2O4S2/c1-2-24-14-8-9-15-16(11-14)25-18(19-15)26-17(21)10-5-12-3-6-13(7-4-12)20(22)23/h3-11H,2H2,1H3/b10-5-. The minimum atomic E-state index is -0.460. The molecule has 8 heteroatoms. The second kappa shape index (κ2) is 8.11. The highest BCUT2D eigenvalue weighted by Gasteiger charge is 2.09. The van der Waals surface area contributed by atoms with E-state index >= 15 is 0 Å². The molecular weight excluding hydrogens is 372 g/mol. The highest BCUT2D eigenvalue weighted by Crippen LogP contribution is 2.32. The topological polar surface area (TPSA) is 82.3 Å². The Balaban J connectivity index is 1.67. The van der Waals surface area contributed by atoms with Crippen LogP contribution < -0.4 is 4.74 Å². The van der Waals surface area contributed by atoms with E-state index in [4.69, 9.17) is 4.74 Å².